The summed E-state index contributed by atoms with van der Waals surface area (Å²) in [6.07, 6.45) is 0.873. The van der Waals surface area contributed by atoms with Crippen molar-refractivity contribution in [1.82, 2.24) is 4.90 Å². The Hall–Kier alpha value is -1.59. The first-order valence-corrected chi connectivity index (χ1v) is 6.96. The van der Waals surface area contributed by atoms with E-state index in [1.165, 1.54) is 0 Å². The van der Waals surface area contributed by atoms with Crippen LogP contribution >= 0.6 is 0 Å². The minimum atomic E-state index is -0.822. The van der Waals surface area contributed by atoms with Gasteiger partial charge in [0.25, 0.3) is 0 Å². The Bertz CT molecular complexity index is 463. The van der Waals surface area contributed by atoms with Gasteiger partial charge in [-0.3, -0.25) is 9.69 Å². The van der Waals surface area contributed by atoms with Gasteiger partial charge in [-0.1, -0.05) is 25.1 Å². The third kappa shape index (κ3) is 3.29. The molecule has 20 heavy (non-hydrogen) atoms. The van der Waals surface area contributed by atoms with Crippen molar-refractivity contribution >= 4 is 5.97 Å². The molecule has 5 nitrogen and oxygen atoms in total. The molecule has 1 aliphatic heterocycles. The average molecular weight is 279 g/mol. The zero-order chi connectivity index (χ0) is 14.5. The molecule has 2 unspecified atom stereocenters. The fourth-order valence-electron chi connectivity index (χ4n) is 2.86. The SMILES string of the molecule is CCC(c1ccccc1O)N1CCOCC1CC(=O)O. The van der Waals surface area contributed by atoms with Gasteiger partial charge < -0.3 is 14.9 Å². The van der Waals surface area contributed by atoms with Crippen molar-refractivity contribution in [3.8, 4) is 5.75 Å². The summed E-state index contributed by atoms with van der Waals surface area (Å²) in [7, 11) is 0. The monoisotopic (exact) mass is 279 g/mol. The molecule has 1 aromatic carbocycles. The van der Waals surface area contributed by atoms with Gasteiger partial charge >= 0.3 is 5.97 Å². The second-order valence-electron chi connectivity index (χ2n) is 5.05. The minimum Gasteiger partial charge on any atom is -0.508 e. The van der Waals surface area contributed by atoms with Crippen LogP contribution in [0.15, 0.2) is 24.3 Å². The van der Waals surface area contributed by atoms with E-state index in [1.54, 1.807) is 12.1 Å². The van der Waals surface area contributed by atoms with E-state index in [9.17, 15) is 9.90 Å². The molecule has 1 aromatic rings. The van der Waals surface area contributed by atoms with Crippen LogP contribution in [-0.4, -0.2) is 46.9 Å². The molecule has 1 aliphatic rings. The van der Waals surface area contributed by atoms with Gasteiger partial charge in [0.05, 0.1) is 19.6 Å². The first-order valence-electron chi connectivity index (χ1n) is 6.96. The van der Waals surface area contributed by atoms with Crippen molar-refractivity contribution in [1.29, 1.82) is 0 Å². The van der Waals surface area contributed by atoms with Gasteiger partial charge in [0.15, 0.2) is 0 Å². The van der Waals surface area contributed by atoms with E-state index in [4.69, 9.17) is 9.84 Å². The summed E-state index contributed by atoms with van der Waals surface area (Å²) >= 11 is 0. The molecule has 2 N–H and O–H groups in total. The number of para-hydroxylation sites is 1. The number of morpholine rings is 1. The van der Waals surface area contributed by atoms with Gasteiger partial charge in [0, 0.05) is 24.2 Å². The summed E-state index contributed by atoms with van der Waals surface area (Å²) in [5, 5.41) is 19.1. The zero-order valence-corrected chi connectivity index (χ0v) is 11.7. The molecule has 0 amide bonds. The number of carboxylic acids is 1. The van der Waals surface area contributed by atoms with Crippen LogP contribution in [0.25, 0.3) is 0 Å². The lowest BCUT2D eigenvalue weighted by Crippen LogP contribution is -2.48. The third-order valence-corrected chi connectivity index (χ3v) is 3.77. The predicted molar refractivity (Wildman–Crippen MR) is 74.7 cm³/mol. The van der Waals surface area contributed by atoms with Crippen LogP contribution in [0.5, 0.6) is 5.75 Å². The van der Waals surface area contributed by atoms with E-state index in [0.717, 1.165) is 12.0 Å². The zero-order valence-electron chi connectivity index (χ0n) is 11.7. The highest BCUT2D eigenvalue weighted by atomic mass is 16.5. The number of carboxylic acid groups (broad SMARTS) is 1. The Labute approximate surface area is 118 Å². The number of nitrogens with zero attached hydrogens (tertiary/aromatic N) is 1. The smallest absolute Gasteiger partial charge is 0.305 e. The molecular formula is C15H21NO4. The third-order valence-electron chi connectivity index (χ3n) is 3.77. The first kappa shape index (κ1) is 14.8. The molecular weight excluding hydrogens is 258 g/mol. The molecule has 1 saturated heterocycles. The number of rotatable bonds is 5. The van der Waals surface area contributed by atoms with Crippen LogP contribution in [-0.2, 0) is 9.53 Å². The van der Waals surface area contributed by atoms with Crippen molar-refractivity contribution in [3.05, 3.63) is 29.8 Å². The van der Waals surface area contributed by atoms with E-state index in [2.05, 4.69) is 4.90 Å². The number of ether oxygens (including phenoxy) is 1. The summed E-state index contributed by atoms with van der Waals surface area (Å²) in [6.45, 7) is 3.76. The first-order chi connectivity index (χ1) is 9.63. The maximum atomic E-state index is 11.0. The van der Waals surface area contributed by atoms with Crippen molar-refractivity contribution in [2.24, 2.45) is 0 Å². The topological polar surface area (TPSA) is 70.0 Å². The van der Waals surface area contributed by atoms with Crippen LogP contribution in [0.1, 0.15) is 31.4 Å². The van der Waals surface area contributed by atoms with E-state index >= 15 is 0 Å². The van der Waals surface area contributed by atoms with Crippen LogP contribution in [0, 0.1) is 0 Å². The number of carbonyl (C=O) groups is 1. The second kappa shape index (κ2) is 6.72. The Balaban J connectivity index is 2.24. The number of benzene rings is 1. The molecule has 0 radical (unpaired) electrons. The normalized spacial score (nSPS) is 21.6. The molecule has 0 aromatic heterocycles. The van der Waals surface area contributed by atoms with E-state index in [-0.39, 0.29) is 24.3 Å². The molecule has 0 aliphatic carbocycles. The summed E-state index contributed by atoms with van der Waals surface area (Å²) in [5.74, 6) is -0.558. The van der Waals surface area contributed by atoms with Crippen molar-refractivity contribution in [2.75, 3.05) is 19.8 Å². The molecule has 2 atom stereocenters. The van der Waals surface area contributed by atoms with Crippen LogP contribution < -0.4 is 0 Å². The quantitative estimate of drug-likeness (QED) is 0.863. The Kier molecular flexibility index (Phi) is 4.98. The Morgan fingerprint density at radius 3 is 2.90 bits per heavy atom. The highest BCUT2D eigenvalue weighted by Crippen LogP contribution is 2.33. The molecule has 2 rings (SSSR count). The largest absolute Gasteiger partial charge is 0.508 e. The number of hydrogen-bond donors (Lipinski definition) is 2. The lowest BCUT2D eigenvalue weighted by molar-refractivity contribution is -0.141. The minimum absolute atomic E-state index is 0.0180. The van der Waals surface area contributed by atoms with Crippen LogP contribution in [0.4, 0.5) is 0 Å². The van der Waals surface area contributed by atoms with Crippen molar-refractivity contribution in [3.63, 3.8) is 0 Å². The maximum Gasteiger partial charge on any atom is 0.305 e. The summed E-state index contributed by atoms with van der Waals surface area (Å²) in [5.41, 5.74) is 0.854. The van der Waals surface area contributed by atoms with Crippen LogP contribution in [0.2, 0.25) is 0 Å². The number of aromatic hydroxyl groups is 1. The number of aliphatic carboxylic acids is 1. The van der Waals surface area contributed by atoms with Crippen molar-refractivity contribution < 1.29 is 19.7 Å². The van der Waals surface area contributed by atoms with Crippen LogP contribution in [0.3, 0.4) is 0 Å². The number of hydrogen-bond acceptors (Lipinski definition) is 4. The second-order valence-corrected chi connectivity index (χ2v) is 5.05. The van der Waals surface area contributed by atoms with E-state index < -0.39 is 5.97 Å². The predicted octanol–water partition coefficient (Wildman–Crippen LogP) is 2.02. The van der Waals surface area contributed by atoms with Crippen molar-refractivity contribution in [2.45, 2.75) is 31.8 Å². The highest BCUT2D eigenvalue weighted by Gasteiger charge is 2.31. The van der Waals surface area contributed by atoms with Gasteiger partial charge in [-0.05, 0) is 12.5 Å². The van der Waals surface area contributed by atoms with Gasteiger partial charge in [0.2, 0.25) is 0 Å². The summed E-state index contributed by atoms with van der Waals surface area (Å²) in [4.78, 5) is 13.1. The summed E-state index contributed by atoms with van der Waals surface area (Å²) < 4.78 is 5.41. The fraction of sp³-hybridized carbons (Fsp3) is 0.533. The standard InChI is InChI=1S/C15H21NO4/c1-2-13(12-5-3-4-6-14(12)17)16-7-8-20-10-11(16)9-15(18)19/h3-6,11,13,17H,2,7-10H2,1H3,(H,18,19). The molecule has 1 fully saturated rings. The average Bonchev–Trinajstić information content (AvgIpc) is 2.43. The maximum absolute atomic E-state index is 11.0. The highest BCUT2D eigenvalue weighted by molar-refractivity contribution is 5.67. The molecule has 0 spiro atoms. The lowest BCUT2D eigenvalue weighted by atomic mass is 9.98. The van der Waals surface area contributed by atoms with Gasteiger partial charge in [-0.15, -0.1) is 0 Å². The van der Waals surface area contributed by atoms with Gasteiger partial charge in [-0.2, -0.15) is 0 Å². The molecule has 0 bridgehead atoms. The molecule has 110 valence electrons. The summed E-state index contributed by atoms with van der Waals surface area (Å²) in [6, 6.07) is 7.13. The number of phenolic OH excluding ortho intramolecular Hbond substituents is 1. The fourth-order valence-corrected chi connectivity index (χ4v) is 2.86. The van der Waals surface area contributed by atoms with Gasteiger partial charge in [0.1, 0.15) is 5.75 Å². The molecule has 0 saturated carbocycles. The lowest BCUT2D eigenvalue weighted by Gasteiger charge is -2.40. The van der Waals surface area contributed by atoms with E-state index in [1.807, 2.05) is 19.1 Å². The van der Waals surface area contributed by atoms with Gasteiger partial charge in [-0.25, -0.2) is 0 Å². The number of phenols is 1. The molecule has 1 heterocycles. The van der Waals surface area contributed by atoms with E-state index in [0.29, 0.717) is 19.8 Å². The molecule has 5 heteroatoms. The Morgan fingerprint density at radius 2 is 2.25 bits per heavy atom. The Morgan fingerprint density at radius 1 is 1.50 bits per heavy atom.